The van der Waals surface area contributed by atoms with Crippen molar-refractivity contribution in [3.05, 3.63) is 82.9 Å². The number of fused-ring (bicyclic) bond motifs is 4. The zero-order chi connectivity index (χ0) is 20.2. The molecule has 29 heavy (non-hydrogen) atoms. The summed E-state index contributed by atoms with van der Waals surface area (Å²) in [4.78, 5) is 12.9. The molecule has 0 spiro atoms. The van der Waals surface area contributed by atoms with Gasteiger partial charge in [-0.15, -0.1) is 0 Å². The van der Waals surface area contributed by atoms with Gasteiger partial charge in [0.2, 0.25) is 0 Å². The zero-order valence-corrected chi connectivity index (χ0v) is 15.5. The average Bonchev–Trinajstić information content (AvgIpc) is 2.72. The van der Waals surface area contributed by atoms with Gasteiger partial charge in [0.05, 0.1) is 11.6 Å². The zero-order valence-electron chi connectivity index (χ0n) is 15.5. The molecule has 1 aliphatic carbocycles. The highest BCUT2D eigenvalue weighted by molar-refractivity contribution is 6.12. The third kappa shape index (κ3) is 2.84. The van der Waals surface area contributed by atoms with Gasteiger partial charge in [-0.25, -0.2) is 0 Å². The van der Waals surface area contributed by atoms with E-state index in [2.05, 4.69) is 5.32 Å². The Bertz CT molecular complexity index is 1180. The van der Waals surface area contributed by atoms with Crippen LogP contribution in [0.15, 0.2) is 66.2 Å². The van der Waals surface area contributed by atoms with Gasteiger partial charge in [-0.2, -0.15) is 13.2 Å². The molecule has 3 aromatic carbocycles. The molecule has 146 valence electrons. The monoisotopic (exact) mass is 393 g/mol. The Morgan fingerprint density at radius 3 is 2.48 bits per heavy atom. The second-order valence-electron chi connectivity index (χ2n) is 7.54. The summed E-state index contributed by atoms with van der Waals surface area (Å²) in [6, 6.07) is 16.5. The van der Waals surface area contributed by atoms with Crippen molar-refractivity contribution in [2.45, 2.75) is 31.5 Å². The normalized spacial score (nSPS) is 19.0. The maximum atomic E-state index is 13.7. The Kier molecular flexibility index (Phi) is 4.02. The van der Waals surface area contributed by atoms with Crippen LogP contribution in [0.3, 0.4) is 0 Å². The fraction of sp³-hybridized carbons (Fsp3) is 0.208. The van der Waals surface area contributed by atoms with Gasteiger partial charge in [-0.3, -0.25) is 4.79 Å². The van der Waals surface area contributed by atoms with E-state index in [0.717, 1.165) is 33.7 Å². The summed E-state index contributed by atoms with van der Waals surface area (Å²) in [5.41, 5.74) is 2.49. The van der Waals surface area contributed by atoms with Crippen LogP contribution in [-0.4, -0.2) is 5.78 Å². The van der Waals surface area contributed by atoms with E-state index in [1.165, 1.54) is 12.1 Å². The number of nitrogens with one attached hydrogen (secondary N) is 1. The minimum absolute atomic E-state index is 0.0701. The van der Waals surface area contributed by atoms with Crippen LogP contribution in [0.1, 0.15) is 42.0 Å². The lowest BCUT2D eigenvalue weighted by Crippen LogP contribution is -2.29. The lowest BCUT2D eigenvalue weighted by atomic mass is 9.76. The van der Waals surface area contributed by atoms with Crippen molar-refractivity contribution in [1.29, 1.82) is 0 Å². The summed E-state index contributed by atoms with van der Waals surface area (Å²) in [6.45, 7) is 0. The first kappa shape index (κ1) is 18.0. The number of rotatable bonds is 1. The molecule has 0 radical (unpaired) electrons. The molecule has 3 aromatic rings. The number of hydrogen-bond acceptors (Lipinski definition) is 2. The standard InChI is InChI=1S/C24H18F3NO/c25-24(26,27)18-10-4-3-8-16(18)23-22-17(9-5-11-20(22)29)21-15-7-2-1-6-14(15)12-13-19(21)28-23/h1-4,6-8,10,12-13,23,28H,5,9,11H2/t23-/m0/s1. The second-order valence-corrected chi connectivity index (χ2v) is 7.54. The minimum Gasteiger partial charge on any atom is -0.373 e. The van der Waals surface area contributed by atoms with E-state index >= 15 is 0 Å². The molecule has 1 atom stereocenters. The SMILES string of the molecule is O=C1CCCC2=C1[C@H](c1ccccc1C(F)(F)F)Nc1ccc3ccccc3c12. The van der Waals surface area contributed by atoms with Gasteiger partial charge in [-0.1, -0.05) is 48.5 Å². The van der Waals surface area contributed by atoms with Crippen molar-refractivity contribution >= 4 is 27.8 Å². The summed E-state index contributed by atoms with van der Waals surface area (Å²) < 4.78 is 41.1. The second kappa shape index (κ2) is 6.48. The number of carbonyl (C=O) groups excluding carboxylic acids is 1. The first-order valence-electron chi connectivity index (χ1n) is 9.66. The van der Waals surface area contributed by atoms with Crippen molar-refractivity contribution < 1.29 is 18.0 Å². The Morgan fingerprint density at radius 2 is 1.66 bits per heavy atom. The molecular weight excluding hydrogens is 375 g/mol. The highest BCUT2D eigenvalue weighted by atomic mass is 19.4. The summed E-state index contributed by atoms with van der Waals surface area (Å²) in [7, 11) is 0. The highest BCUT2D eigenvalue weighted by Gasteiger charge is 2.40. The molecule has 1 heterocycles. The van der Waals surface area contributed by atoms with Gasteiger partial charge >= 0.3 is 6.18 Å². The lowest BCUT2D eigenvalue weighted by Gasteiger charge is -2.36. The summed E-state index contributed by atoms with van der Waals surface area (Å²) in [6.07, 6.45) is -2.71. The van der Waals surface area contributed by atoms with Crippen molar-refractivity contribution in [3.8, 4) is 0 Å². The highest BCUT2D eigenvalue weighted by Crippen LogP contribution is 2.49. The molecule has 0 fully saturated rings. The Morgan fingerprint density at radius 1 is 0.897 bits per heavy atom. The van der Waals surface area contributed by atoms with E-state index in [1.54, 1.807) is 6.07 Å². The molecule has 0 amide bonds. The number of allylic oxidation sites excluding steroid dienone is 1. The van der Waals surface area contributed by atoms with Crippen molar-refractivity contribution in [2.75, 3.05) is 5.32 Å². The number of carbonyl (C=O) groups is 1. The van der Waals surface area contributed by atoms with Gasteiger partial charge in [0.15, 0.2) is 5.78 Å². The topological polar surface area (TPSA) is 29.1 Å². The maximum Gasteiger partial charge on any atom is 0.416 e. The van der Waals surface area contributed by atoms with Crippen LogP contribution in [-0.2, 0) is 11.0 Å². The molecule has 2 nitrogen and oxygen atoms in total. The fourth-order valence-electron chi connectivity index (χ4n) is 4.64. The molecule has 0 bridgehead atoms. The number of alkyl halides is 3. The molecule has 0 aromatic heterocycles. The van der Waals surface area contributed by atoms with E-state index in [1.807, 2.05) is 36.4 Å². The van der Waals surface area contributed by atoms with Crippen LogP contribution in [0.2, 0.25) is 0 Å². The Hall–Kier alpha value is -3.08. The predicted molar refractivity (Wildman–Crippen MR) is 108 cm³/mol. The van der Waals surface area contributed by atoms with Gasteiger partial charge < -0.3 is 5.32 Å². The van der Waals surface area contributed by atoms with E-state index < -0.39 is 17.8 Å². The molecule has 0 saturated heterocycles. The van der Waals surface area contributed by atoms with Gasteiger partial charge in [0.25, 0.3) is 0 Å². The third-order valence-electron chi connectivity index (χ3n) is 5.85. The molecule has 0 unspecified atom stereocenters. The average molecular weight is 393 g/mol. The van der Waals surface area contributed by atoms with Crippen molar-refractivity contribution in [3.63, 3.8) is 0 Å². The number of anilines is 1. The maximum absolute atomic E-state index is 13.7. The molecule has 0 saturated carbocycles. The minimum atomic E-state index is -4.49. The van der Waals surface area contributed by atoms with Crippen LogP contribution in [0.25, 0.3) is 16.3 Å². The van der Waals surface area contributed by atoms with Crippen LogP contribution in [0.5, 0.6) is 0 Å². The van der Waals surface area contributed by atoms with Crippen LogP contribution in [0.4, 0.5) is 18.9 Å². The molecule has 2 aliphatic rings. The first-order chi connectivity index (χ1) is 13.9. The quantitative estimate of drug-likeness (QED) is 0.509. The van der Waals surface area contributed by atoms with Gasteiger partial charge in [0.1, 0.15) is 0 Å². The van der Waals surface area contributed by atoms with E-state index in [4.69, 9.17) is 0 Å². The molecule has 5 heteroatoms. The summed E-state index contributed by atoms with van der Waals surface area (Å²) in [5.74, 6) is -0.0701. The smallest absolute Gasteiger partial charge is 0.373 e. The molecular formula is C24H18F3NO. The van der Waals surface area contributed by atoms with E-state index in [9.17, 15) is 18.0 Å². The lowest BCUT2D eigenvalue weighted by molar-refractivity contribution is -0.138. The van der Waals surface area contributed by atoms with Gasteiger partial charge in [0, 0.05) is 23.2 Å². The van der Waals surface area contributed by atoms with Crippen LogP contribution >= 0.6 is 0 Å². The Labute approximate surface area is 166 Å². The summed E-state index contributed by atoms with van der Waals surface area (Å²) >= 11 is 0. The van der Waals surface area contributed by atoms with Crippen LogP contribution < -0.4 is 5.32 Å². The molecule has 5 rings (SSSR count). The van der Waals surface area contributed by atoms with Gasteiger partial charge in [-0.05, 0) is 46.9 Å². The number of hydrogen-bond donors (Lipinski definition) is 1. The van der Waals surface area contributed by atoms with Crippen molar-refractivity contribution in [1.82, 2.24) is 0 Å². The van der Waals surface area contributed by atoms with Crippen LogP contribution in [0, 0.1) is 0 Å². The number of benzene rings is 3. The predicted octanol–water partition coefficient (Wildman–Crippen LogP) is 6.53. The Balaban J connectivity index is 1.79. The largest absolute Gasteiger partial charge is 0.416 e. The summed E-state index contributed by atoms with van der Waals surface area (Å²) in [5, 5.41) is 5.33. The van der Waals surface area contributed by atoms with E-state index in [-0.39, 0.29) is 11.3 Å². The third-order valence-corrected chi connectivity index (χ3v) is 5.85. The molecule has 1 N–H and O–H groups in total. The number of ketones is 1. The number of halogens is 3. The molecule has 1 aliphatic heterocycles. The van der Waals surface area contributed by atoms with Crippen molar-refractivity contribution in [2.24, 2.45) is 0 Å². The fourth-order valence-corrected chi connectivity index (χ4v) is 4.64. The first-order valence-corrected chi connectivity index (χ1v) is 9.66. The number of Topliss-reactive ketones (excluding diaryl/α,β-unsaturated/α-hetero) is 1. The van der Waals surface area contributed by atoms with E-state index in [0.29, 0.717) is 24.8 Å².